The van der Waals surface area contributed by atoms with E-state index in [1.54, 1.807) is 12.3 Å². The number of fused-ring (bicyclic) bond motifs is 1. The van der Waals surface area contributed by atoms with Crippen molar-refractivity contribution in [2.24, 2.45) is 5.92 Å². The van der Waals surface area contributed by atoms with Gasteiger partial charge in [-0.15, -0.1) is 0 Å². The molecule has 1 amide bonds. The van der Waals surface area contributed by atoms with Crippen molar-refractivity contribution in [3.05, 3.63) is 42.1 Å². The molecule has 94 valence electrons. The summed E-state index contributed by atoms with van der Waals surface area (Å²) >= 11 is 0. The Bertz CT molecular complexity index is 547. The Balaban J connectivity index is 2.17. The maximum absolute atomic E-state index is 12.0. The van der Waals surface area contributed by atoms with E-state index >= 15 is 0 Å². The van der Waals surface area contributed by atoms with Gasteiger partial charge in [-0.2, -0.15) is 0 Å². The highest BCUT2D eigenvalue weighted by molar-refractivity contribution is 6.04. The van der Waals surface area contributed by atoms with E-state index < -0.39 is 0 Å². The average Bonchev–Trinajstić information content (AvgIpc) is 2.37. The number of aromatic nitrogens is 1. The number of pyridine rings is 1. The minimum Gasteiger partial charge on any atom is -0.273 e. The van der Waals surface area contributed by atoms with Crippen LogP contribution in [0.15, 0.2) is 36.5 Å². The minimum atomic E-state index is -0.264. The number of para-hydroxylation sites is 1. The number of benzene rings is 1. The van der Waals surface area contributed by atoms with Crippen molar-refractivity contribution >= 4 is 16.8 Å². The lowest BCUT2D eigenvalue weighted by molar-refractivity contribution is 0.0210. The van der Waals surface area contributed by atoms with E-state index in [1.807, 2.05) is 38.1 Å². The van der Waals surface area contributed by atoms with Crippen LogP contribution in [0.3, 0.4) is 0 Å². The Morgan fingerprint density at radius 2 is 2.11 bits per heavy atom. The number of rotatable bonds is 4. The van der Waals surface area contributed by atoms with Crippen molar-refractivity contribution < 1.29 is 9.63 Å². The first kappa shape index (κ1) is 12.5. The molecule has 2 aromatic rings. The third-order valence-electron chi connectivity index (χ3n) is 2.46. The summed E-state index contributed by atoms with van der Waals surface area (Å²) in [6, 6.07) is 9.27. The van der Waals surface area contributed by atoms with Crippen LogP contribution < -0.4 is 5.48 Å². The Labute approximate surface area is 106 Å². The predicted octanol–water partition coefficient (Wildman–Crippen LogP) is 2.55. The second-order valence-corrected chi connectivity index (χ2v) is 4.52. The Kier molecular flexibility index (Phi) is 3.89. The maximum atomic E-state index is 12.0. The summed E-state index contributed by atoms with van der Waals surface area (Å²) in [7, 11) is 0. The van der Waals surface area contributed by atoms with Crippen molar-refractivity contribution in [3.8, 4) is 0 Å². The Morgan fingerprint density at radius 3 is 2.89 bits per heavy atom. The number of nitrogens with zero attached hydrogens (tertiary/aromatic N) is 1. The second kappa shape index (κ2) is 5.60. The van der Waals surface area contributed by atoms with Gasteiger partial charge in [0.05, 0.1) is 17.7 Å². The number of hydroxylamine groups is 1. The highest BCUT2D eigenvalue weighted by atomic mass is 16.6. The zero-order chi connectivity index (χ0) is 13.0. The lowest BCUT2D eigenvalue weighted by Gasteiger charge is -2.09. The second-order valence-electron chi connectivity index (χ2n) is 4.52. The largest absolute Gasteiger partial charge is 0.277 e. The standard InChI is InChI=1S/C14H16N2O2/c1-10(2)9-18-16-14(17)12-7-3-5-11-6-4-8-15-13(11)12/h3-8,10H,9H2,1-2H3,(H,16,17). The Morgan fingerprint density at radius 1 is 1.33 bits per heavy atom. The van der Waals surface area contributed by atoms with Crippen LogP contribution in [0.2, 0.25) is 0 Å². The van der Waals surface area contributed by atoms with Crippen molar-refractivity contribution in [2.75, 3.05) is 6.61 Å². The van der Waals surface area contributed by atoms with Gasteiger partial charge in [0.15, 0.2) is 0 Å². The fourth-order valence-electron chi connectivity index (χ4n) is 1.62. The zero-order valence-electron chi connectivity index (χ0n) is 10.5. The molecule has 0 spiro atoms. The van der Waals surface area contributed by atoms with Crippen LogP contribution in [-0.2, 0) is 4.84 Å². The fraction of sp³-hybridized carbons (Fsp3) is 0.286. The Hall–Kier alpha value is -1.94. The lowest BCUT2D eigenvalue weighted by Crippen LogP contribution is -2.25. The van der Waals surface area contributed by atoms with Crippen molar-refractivity contribution in [1.82, 2.24) is 10.5 Å². The van der Waals surface area contributed by atoms with Crippen molar-refractivity contribution in [2.45, 2.75) is 13.8 Å². The SMILES string of the molecule is CC(C)CONC(=O)c1cccc2cccnc12. The van der Waals surface area contributed by atoms with Crippen LogP contribution in [0.4, 0.5) is 0 Å². The molecular formula is C14H16N2O2. The monoisotopic (exact) mass is 244 g/mol. The molecule has 1 aromatic heterocycles. The van der Waals surface area contributed by atoms with Crippen LogP contribution in [-0.4, -0.2) is 17.5 Å². The molecule has 0 unspecified atom stereocenters. The van der Waals surface area contributed by atoms with E-state index in [2.05, 4.69) is 10.5 Å². The highest BCUT2D eigenvalue weighted by Gasteiger charge is 2.10. The molecule has 18 heavy (non-hydrogen) atoms. The number of nitrogens with one attached hydrogen (secondary N) is 1. The van der Waals surface area contributed by atoms with Gasteiger partial charge in [0.2, 0.25) is 0 Å². The van der Waals surface area contributed by atoms with Gasteiger partial charge >= 0.3 is 0 Å². The molecule has 0 aliphatic heterocycles. The zero-order valence-corrected chi connectivity index (χ0v) is 10.5. The van der Waals surface area contributed by atoms with Crippen LogP contribution in [0, 0.1) is 5.92 Å². The first-order valence-corrected chi connectivity index (χ1v) is 5.94. The third kappa shape index (κ3) is 2.84. The third-order valence-corrected chi connectivity index (χ3v) is 2.46. The predicted molar refractivity (Wildman–Crippen MR) is 70.0 cm³/mol. The minimum absolute atomic E-state index is 0.264. The lowest BCUT2D eigenvalue weighted by atomic mass is 10.1. The van der Waals surface area contributed by atoms with Gasteiger partial charge in [0, 0.05) is 11.6 Å². The molecule has 0 saturated carbocycles. The summed E-state index contributed by atoms with van der Waals surface area (Å²) in [4.78, 5) is 21.3. The van der Waals surface area contributed by atoms with Gasteiger partial charge in [-0.25, -0.2) is 5.48 Å². The molecule has 1 aromatic carbocycles. The quantitative estimate of drug-likeness (QED) is 0.841. The summed E-state index contributed by atoms with van der Waals surface area (Å²) < 4.78 is 0. The van der Waals surface area contributed by atoms with Crippen molar-refractivity contribution in [1.29, 1.82) is 0 Å². The molecule has 1 N–H and O–H groups in total. The van der Waals surface area contributed by atoms with Gasteiger partial charge in [0.1, 0.15) is 0 Å². The topological polar surface area (TPSA) is 51.2 Å². The summed E-state index contributed by atoms with van der Waals surface area (Å²) in [6.45, 7) is 4.53. The van der Waals surface area contributed by atoms with Gasteiger partial charge < -0.3 is 0 Å². The van der Waals surface area contributed by atoms with E-state index in [4.69, 9.17) is 4.84 Å². The summed E-state index contributed by atoms with van der Waals surface area (Å²) in [6.07, 6.45) is 1.67. The number of amides is 1. The van der Waals surface area contributed by atoms with E-state index in [9.17, 15) is 4.79 Å². The van der Waals surface area contributed by atoms with Crippen LogP contribution in [0.5, 0.6) is 0 Å². The first-order valence-electron chi connectivity index (χ1n) is 5.94. The number of hydrogen-bond donors (Lipinski definition) is 1. The van der Waals surface area contributed by atoms with Gasteiger partial charge in [0.25, 0.3) is 5.91 Å². The first-order chi connectivity index (χ1) is 8.68. The van der Waals surface area contributed by atoms with E-state index in [1.165, 1.54) is 0 Å². The van der Waals surface area contributed by atoms with E-state index in [0.717, 1.165) is 5.39 Å². The fourth-order valence-corrected chi connectivity index (χ4v) is 1.62. The highest BCUT2D eigenvalue weighted by Crippen LogP contribution is 2.15. The van der Waals surface area contributed by atoms with Crippen LogP contribution in [0.1, 0.15) is 24.2 Å². The van der Waals surface area contributed by atoms with E-state index in [0.29, 0.717) is 23.6 Å². The molecule has 1 heterocycles. The normalized spacial score (nSPS) is 10.8. The van der Waals surface area contributed by atoms with Gasteiger partial charge in [-0.05, 0) is 18.1 Å². The molecule has 0 atom stereocenters. The van der Waals surface area contributed by atoms with E-state index in [-0.39, 0.29) is 5.91 Å². The molecule has 0 radical (unpaired) electrons. The molecule has 0 fully saturated rings. The summed E-state index contributed by atoms with van der Waals surface area (Å²) in [5.74, 6) is 0.107. The summed E-state index contributed by atoms with van der Waals surface area (Å²) in [5.41, 5.74) is 3.65. The number of hydrogen-bond acceptors (Lipinski definition) is 3. The van der Waals surface area contributed by atoms with Gasteiger partial charge in [-0.1, -0.05) is 32.0 Å². The molecule has 0 bridgehead atoms. The van der Waals surface area contributed by atoms with Gasteiger partial charge in [-0.3, -0.25) is 14.6 Å². The maximum Gasteiger partial charge on any atom is 0.277 e. The number of carbonyl (C=O) groups excluding carboxylic acids is 1. The molecule has 0 aliphatic carbocycles. The van der Waals surface area contributed by atoms with Crippen LogP contribution in [0.25, 0.3) is 10.9 Å². The average molecular weight is 244 g/mol. The molecule has 2 rings (SSSR count). The molecular weight excluding hydrogens is 228 g/mol. The molecule has 4 heteroatoms. The smallest absolute Gasteiger partial charge is 0.273 e. The number of carbonyl (C=O) groups is 1. The molecule has 0 saturated heterocycles. The molecule has 0 aliphatic rings. The van der Waals surface area contributed by atoms with Crippen molar-refractivity contribution in [3.63, 3.8) is 0 Å². The molecule has 4 nitrogen and oxygen atoms in total. The van der Waals surface area contributed by atoms with Crippen LogP contribution >= 0.6 is 0 Å². The summed E-state index contributed by atoms with van der Waals surface area (Å²) in [5, 5.41) is 0.939.